The highest BCUT2D eigenvalue weighted by Gasteiger charge is 2.34. The van der Waals surface area contributed by atoms with Gasteiger partial charge in [0, 0.05) is 11.9 Å². The van der Waals surface area contributed by atoms with E-state index in [1.807, 2.05) is 28.5 Å². The number of carbonyl (C=O) groups excluding carboxylic acids is 1. The number of carbonyl (C=O) groups is 1. The molecule has 1 aliphatic rings. The van der Waals surface area contributed by atoms with Gasteiger partial charge in [0.05, 0.1) is 18.2 Å². The maximum atomic E-state index is 12.6. The Morgan fingerprint density at radius 3 is 3.05 bits per heavy atom. The van der Waals surface area contributed by atoms with Crippen molar-refractivity contribution in [1.82, 2.24) is 9.88 Å². The van der Waals surface area contributed by atoms with Crippen LogP contribution < -0.4 is 4.74 Å². The number of likely N-dealkylation sites (tertiary alicyclic amines) is 1. The molecule has 2 heterocycles. The van der Waals surface area contributed by atoms with Crippen LogP contribution in [0.4, 0.5) is 0 Å². The lowest BCUT2D eigenvalue weighted by Crippen LogP contribution is -2.45. The number of amides is 1. The summed E-state index contributed by atoms with van der Waals surface area (Å²) in [4.78, 5) is 19.0. The molecule has 4 nitrogen and oxygen atoms in total. The summed E-state index contributed by atoms with van der Waals surface area (Å²) >= 11 is 1.58. The van der Waals surface area contributed by atoms with Gasteiger partial charge < -0.3 is 9.64 Å². The number of thiazole rings is 1. The van der Waals surface area contributed by atoms with Crippen molar-refractivity contribution in [1.29, 1.82) is 0 Å². The maximum Gasteiger partial charge on any atom is 0.273 e. The summed E-state index contributed by atoms with van der Waals surface area (Å²) in [6.07, 6.45) is 2.99. The van der Waals surface area contributed by atoms with Gasteiger partial charge in [-0.1, -0.05) is 19.1 Å². The van der Waals surface area contributed by atoms with Crippen molar-refractivity contribution in [2.75, 3.05) is 13.7 Å². The van der Waals surface area contributed by atoms with Gasteiger partial charge in [-0.2, -0.15) is 0 Å². The van der Waals surface area contributed by atoms with Crippen LogP contribution in [0.25, 0.3) is 0 Å². The lowest BCUT2D eigenvalue weighted by Gasteiger charge is -2.41. The fourth-order valence-electron chi connectivity index (χ4n) is 2.71. The SMILES string of the molecule is CCCc1nc(C(=O)N2CC[C@@H]2c2cccc(OC)c2)cs1. The Morgan fingerprint density at radius 1 is 1.50 bits per heavy atom. The minimum Gasteiger partial charge on any atom is -0.497 e. The van der Waals surface area contributed by atoms with Crippen molar-refractivity contribution >= 4 is 17.2 Å². The van der Waals surface area contributed by atoms with E-state index in [1.165, 1.54) is 0 Å². The molecule has 1 aromatic heterocycles. The number of aryl methyl sites for hydroxylation is 1. The zero-order valence-corrected chi connectivity index (χ0v) is 13.7. The standard InChI is InChI=1S/C17H20N2O2S/c1-3-5-16-18-14(11-22-16)17(20)19-9-8-15(19)12-6-4-7-13(10-12)21-2/h4,6-7,10-11,15H,3,5,8-9H2,1-2H3/t15-/m1/s1. The van der Waals surface area contributed by atoms with E-state index in [1.54, 1.807) is 18.4 Å². The van der Waals surface area contributed by atoms with Crippen LogP contribution in [0.15, 0.2) is 29.6 Å². The van der Waals surface area contributed by atoms with Gasteiger partial charge in [0.25, 0.3) is 5.91 Å². The van der Waals surface area contributed by atoms with E-state index in [2.05, 4.69) is 18.0 Å². The summed E-state index contributed by atoms with van der Waals surface area (Å²) in [5, 5.41) is 2.93. The predicted octanol–water partition coefficient (Wildman–Crippen LogP) is 3.69. The van der Waals surface area contributed by atoms with Crippen LogP contribution in [0.5, 0.6) is 5.75 Å². The highest BCUT2D eigenvalue weighted by atomic mass is 32.1. The summed E-state index contributed by atoms with van der Waals surface area (Å²) in [5.41, 5.74) is 1.71. The number of hydrogen-bond donors (Lipinski definition) is 0. The molecule has 1 atom stereocenters. The first-order valence-electron chi connectivity index (χ1n) is 7.62. The van der Waals surface area contributed by atoms with E-state index in [4.69, 9.17) is 4.74 Å². The van der Waals surface area contributed by atoms with E-state index in [0.29, 0.717) is 5.69 Å². The number of aromatic nitrogens is 1. The molecule has 1 fully saturated rings. The third kappa shape index (κ3) is 2.86. The van der Waals surface area contributed by atoms with Crippen LogP contribution in [-0.2, 0) is 6.42 Å². The number of ether oxygens (including phenoxy) is 1. The van der Waals surface area contributed by atoms with Gasteiger partial charge in [-0.25, -0.2) is 4.98 Å². The number of benzene rings is 1. The number of nitrogens with zero attached hydrogens (tertiary/aromatic N) is 2. The summed E-state index contributed by atoms with van der Waals surface area (Å²) in [6.45, 7) is 2.92. The van der Waals surface area contributed by atoms with Gasteiger partial charge in [-0.15, -0.1) is 11.3 Å². The number of rotatable bonds is 5. The lowest BCUT2D eigenvalue weighted by atomic mass is 9.94. The average Bonchev–Trinajstić information content (AvgIpc) is 2.95. The van der Waals surface area contributed by atoms with Crippen LogP contribution in [0.2, 0.25) is 0 Å². The van der Waals surface area contributed by atoms with Crippen LogP contribution in [0, 0.1) is 0 Å². The molecule has 116 valence electrons. The Kier molecular flexibility index (Phi) is 4.43. The van der Waals surface area contributed by atoms with Crippen LogP contribution in [0.1, 0.15) is 46.9 Å². The smallest absolute Gasteiger partial charge is 0.273 e. The van der Waals surface area contributed by atoms with E-state index in [-0.39, 0.29) is 11.9 Å². The lowest BCUT2D eigenvalue weighted by molar-refractivity contribution is 0.0454. The van der Waals surface area contributed by atoms with E-state index in [9.17, 15) is 4.79 Å². The van der Waals surface area contributed by atoms with Crippen molar-refractivity contribution in [3.8, 4) is 5.75 Å². The van der Waals surface area contributed by atoms with Gasteiger partial charge in [0.1, 0.15) is 11.4 Å². The Labute approximate surface area is 134 Å². The molecular formula is C17H20N2O2S. The molecule has 0 radical (unpaired) electrons. The van der Waals surface area contributed by atoms with Crippen molar-refractivity contribution in [3.63, 3.8) is 0 Å². The molecule has 1 saturated heterocycles. The molecule has 1 amide bonds. The maximum absolute atomic E-state index is 12.6. The first-order valence-corrected chi connectivity index (χ1v) is 8.50. The normalized spacial score (nSPS) is 17.2. The van der Waals surface area contributed by atoms with Crippen LogP contribution in [0.3, 0.4) is 0 Å². The van der Waals surface area contributed by atoms with E-state index < -0.39 is 0 Å². The first-order chi connectivity index (χ1) is 10.7. The fourth-order valence-corrected chi connectivity index (χ4v) is 3.58. The molecular weight excluding hydrogens is 296 g/mol. The third-order valence-corrected chi connectivity index (χ3v) is 4.90. The molecule has 1 aliphatic heterocycles. The first kappa shape index (κ1) is 15.0. The van der Waals surface area contributed by atoms with Crippen molar-refractivity contribution in [2.24, 2.45) is 0 Å². The second kappa shape index (κ2) is 6.48. The highest BCUT2D eigenvalue weighted by molar-refractivity contribution is 7.09. The fraction of sp³-hybridized carbons (Fsp3) is 0.412. The molecule has 0 unspecified atom stereocenters. The molecule has 2 aromatic rings. The second-order valence-electron chi connectivity index (χ2n) is 5.46. The van der Waals surface area contributed by atoms with E-state index >= 15 is 0 Å². The van der Waals surface area contributed by atoms with E-state index in [0.717, 1.165) is 42.1 Å². The Morgan fingerprint density at radius 2 is 2.36 bits per heavy atom. The molecule has 22 heavy (non-hydrogen) atoms. The topological polar surface area (TPSA) is 42.4 Å². The predicted molar refractivity (Wildman–Crippen MR) is 87.5 cm³/mol. The zero-order chi connectivity index (χ0) is 15.5. The van der Waals surface area contributed by atoms with Crippen LogP contribution >= 0.6 is 11.3 Å². The summed E-state index contributed by atoms with van der Waals surface area (Å²) in [5.74, 6) is 0.869. The molecule has 0 N–H and O–H groups in total. The Balaban J connectivity index is 1.75. The van der Waals surface area contributed by atoms with Gasteiger partial charge in [-0.3, -0.25) is 4.79 Å². The Bertz CT molecular complexity index is 668. The van der Waals surface area contributed by atoms with Crippen molar-refractivity contribution in [3.05, 3.63) is 45.9 Å². The molecule has 0 bridgehead atoms. The zero-order valence-electron chi connectivity index (χ0n) is 12.9. The van der Waals surface area contributed by atoms with Crippen molar-refractivity contribution in [2.45, 2.75) is 32.2 Å². The highest BCUT2D eigenvalue weighted by Crippen LogP contribution is 2.35. The molecule has 5 heteroatoms. The summed E-state index contributed by atoms with van der Waals surface area (Å²) in [7, 11) is 1.66. The average molecular weight is 316 g/mol. The minimum atomic E-state index is 0.0395. The summed E-state index contributed by atoms with van der Waals surface area (Å²) < 4.78 is 5.27. The monoisotopic (exact) mass is 316 g/mol. The van der Waals surface area contributed by atoms with Crippen LogP contribution in [-0.4, -0.2) is 29.4 Å². The number of methoxy groups -OCH3 is 1. The molecule has 0 spiro atoms. The largest absolute Gasteiger partial charge is 0.497 e. The second-order valence-corrected chi connectivity index (χ2v) is 6.40. The van der Waals surface area contributed by atoms with Gasteiger partial charge in [0.2, 0.25) is 0 Å². The molecule has 3 rings (SSSR count). The van der Waals surface area contributed by atoms with Gasteiger partial charge in [-0.05, 0) is 37.0 Å². The number of hydrogen-bond acceptors (Lipinski definition) is 4. The van der Waals surface area contributed by atoms with Crippen molar-refractivity contribution < 1.29 is 9.53 Å². The quantitative estimate of drug-likeness (QED) is 0.845. The third-order valence-electron chi connectivity index (χ3n) is 3.99. The van der Waals surface area contributed by atoms with Gasteiger partial charge in [0.15, 0.2) is 0 Å². The summed E-state index contributed by atoms with van der Waals surface area (Å²) in [6, 6.07) is 8.09. The van der Waals surface area contributed by atoms with Gasteiger partial charge >= 0.3 is 0 Å². The Hall–Kier alpha value is -1.88. The molecule has 1 aromatic carbocycles. The minimum absolute atomic E-state index is 0.0395. The molecule has 0 aliphatic carbocycles. The molecule has 0 saturated carbocycles.